The van der Waals surface area contributed by atoms with E-state index in [1.807, 2.05) is 0 Å². The third-order valence-electron chi connectivity index (χ3n) is 5.04. The molecule has 30 heavy (non-hydrogen) atoms. The highest BCUT2D eigenvalue weighted by Crippen LogP contribution is 2.27. The average molecular weight is 441 g/mol. The van der Waals surface area contributed by atoms with Gasteiger partial charge < -0.3 is 20.5 Å². The van der Waals surface area contributed by atoms with Crippen LogP contribution in [-0.2, 0) is 9.59 Å². The number of carbonyl (C=O) groups excluding carboxylic acids is 1. The van der Waals surface area contributed by atoms with E-state index in [9.17, 15) is 14.7 Å². The molecular formula is C23H37ClN2O4. The Morgan fingerprint density at radius 3 is 2.20 bits per heavy atom. The van der Waals surface area contributed by atoms with E-state index in [1.54, 1.807) is 18.2 Å². The Kier molecular flexibility index (Phi) is 14.0. The highest BCUT2D eigenvalue weighted by Gasteiger charge is 2.21. The fourth-order valence-electron chi connectivity index (χ4n) is 3.30. The monoisotopic (exact) mass is 440 g/mol. The predicted octanol–water partition coefficient (Wildman–Crippen LogP) is 5.64. The largest absolute Gasteiger partial charge is 0.495 e. The molecule has 3 N–H and O–H groups in total. The summed E-state index contributed by atoms with van der Waals surface area (Å²) in [5.74, 6) is -0.966. The molecule has 1 aromatic carbocycles. The lowest BCUT2D eigenvalue weighted by atomic mass is 10.1. The summed E-state index contributed by atoms with van der Waals surface area (Å²) in [7, 11) is 1.49. The quantitative estimate of drug-likeness (QED) is 0.273. The van der Waals surface area contributed by atoms with Crippen molar-refractivity contribution in [1.29, 1.82) is 0 Å². The zero-order chi connectivity index (χ0) is 22.2. The van der Waals surface area contributed by atoms with Crippen molar-refractivity contribution in [1.82, 2.24) is 5.32 Å². The number of carbonyl (C=O) groups is 2. The first-order valence-electron chi connectivity index (χ1n) is 11.1. The zero-order valence-electron chi connectivity index (χ0n) is 18.3. The molecule has 0 aliphatic heterocycles. The molecule has 1 rings (SSSR count). The summed E-state index contributed by atoms with van der Waals surface area (Å²) in [6.07, 6.45) is 12.1. The van der Waals surface area contributed by atoms with Crippen LogP contribution >= 0.6 is 11.6 Å². The lowest BCUT2D eigenvalue weighted by Crippen LogP contribution is -2.40. The summed E-state index contributed by atoms with van der Waals surface area (Å²) in [5.41, 5.74) is 0.425. The number of anilines is 1. The Hall–Kier alpha value is -1.79. The molecule has 0 spiro atoms. The molecule has 0 unspecified atom stereocenters. The Bertz CT molecular complexity index is 640. The van der Waals surface area contributed by atoms with Crippen molar-refractivity contribution in [3.63, 3.8) is 0 Å². The molecule has 0 aliphatic rings. The summed E-state index contributed by atoms with van der Waals surface area (Å²) in [5, 5.41) is 15.5. The van der Waals surface area contributed by atoms with Gasteiger partial charge >= 0.3 is 5.97 Å². The molecule has 1 amide bonds. The number of nitrogens with one attached hydrogen (secondary N) is 2. The Labute approximate surface area is 185 Å². The van der Waals surface area contributed by atoms with Gasteiger partial charge in [-0.15, -0.1) is 0 Å². The van der Waals surface area contributed by atoms with Crippen LogP contribution in [0.25, 0.3) is 0 Å². The van der Waals surface area contributed by atoms with Crippen molar-refractivity contribution in [2.45, 2.75) is 83.6 Å². The van der Waals surface area contributed by atoms with Gasteiger partial charge in [0.1, 0.15) is 11.8 Å². The van der Waals surface area contributed by atoms with Crippen LogP contribution in [0.2, 0.25) is 5.02 Å². The van der Waals surface area contributed by atoms with Crippen molar-refractivity contribution < 1.29 is 19.4 Å². The van der Waals surface area contributed by atoms with Crippen molar-refractivity contribution in [3.8, 4) is 5.75 Å². The number of aliphatic carboxylic acids is 1. The first-order chi connectivity index (χ1) is 14.5. The van der Waals surface area contributed by atoms with E-state index < -0.39 is 17.9 Å². The molecular weight excluding hydrogens is 404 g/mol. The van der Waals surface area contributed by atoms with Crippen molar-refractivity contribution >= 4 is 29.2 Å². The molecule has 0 aromatic heterocycles. The number of carboxylic acid groups (broad SMARTS) is 1. The summed E-state index contributed by atoms with van der Waals surface area (Å²) in [6.45, 7) is 2.81. The van der Waals surface area contributed by atoms with E-state index in [-0.39, 0.29) is 6.42 Å². The second-order valence-corrected chi connectivity index (χ2v) is 8.06. The number of benzene rings is 1. The number of amides is 1. The van der Waals surface area contributed by atoms with Crippen molar-refractivity contribution in [3.05, 3.63) is 23.2 Å². The Morgan fingerprint density at radius 1 is 1.03 bits per heavy atom. The molecule has 0 heterocycles. The Morgan fingerprint density at radius 2 is 1.63 bits per heavy atom. The number of unbranched alkanes of at least 4 members (excludes halogenated alkanes) is 9. The van der Waals surface area contributed by atoms with Crippen LogP contribution < -0.4 is 15.4 Å². The molecule has 0 bridgehead atoms. The summed E-state index contributed by atoms with van der Waals surface area (Å²) < 4.78 is 5.19. The van der Waals surface area contributed by atoms with Gasteiger partial charge in [-0.2, -0.15) is 0 Å². The van der Waals surface area contributed by atoms with Gasteiger partial charge in [0.2, 0.25) is 5.91 Å². The van der Waals surface area contributed by atoms with E-state index in [0.717, 1.165) is 12.8 Å². The third-order valence-corrected chi connectivity index (χ3v) is 5.28. The van der Waals surface area contributed by atoms with Gasteiger partial charge in [-0.05, 0) is 31.2 Å². The van der Waals surface area contributed by atoms with Crippen LogP contribution in [0.1, 0.15) is 77.6 Å². The van der Waals surface area contributed by atoms with Gasteiger partial charge in [0.15, 0.2) is 0 Å². The zero-order valence-corrected chi connectivity index (χ0v) is 19.1. The molecule has 1 aromatic rings. The summed E-state index contributed by atoms with van der Waals surface area (Å²) >= 11 is 5.96. The van der Waals surface area contributed by atoms with Crippen LogP contribution in [0.5, 0.6) is 5.75 Å². The van der Waals surface area contributed by atoms with E-state index in [1.165, 1.54) is 58.5 Å². The number of hydrogen-bond acceptors (Lipinski definition) is 4. The minimum Gasteiger partial charge on any atom is -0.495 e. The topological polar surface area (TPSA) is 87.7 Å². The number of hydrogen-bond donors (Lipinski definition) is 3. The molecule has 0 fully saturated rings. The van der Waals surface area contributed by atoms with Crippen LogP contribution in [0.4, 0.5) is 5.69 Å². The van der Waals surface area contributed by atoms with E-state index in [4.69, 9.17) is 16.3 Å². The fraction of sp³-hybridized carbons (Fsp3) is 0.652. The maximum Gasteiger partial charge on any atom is 0.321 e. The number of halogens is 1. The van der Waals surface area contributed by atoms with Crippen molar-refractivity contribution in [2.75, 3.05) is 19.0 Å². The Balaban J connectivity index is 2.26. The van der Waals surface area contributed by atoms with Gasteiger partial charge in [-0.25, -0.2) is 0 Å². The van der Waals surface area contributed by atoms with Crippen LogP contribution in [0.3, 0.4) is 0 Å². The second-order valence-electron chi connectivity index (χ2n) is 7.62. The SMILES string of the molecule is CCCCCCCCCCCCN[C@H](CC(=O)Nc1cc(Cl)ccc1OC)C(=O)O. The fourth-order valence-corrected chi connectivity index (χ4v) is 3.47. The molecule has 0 saturated heterocycles. The molecule has 170 valence electrons. The second kappa shape index (κ2) is 16.0. The molecule has 0 saturated carbocycles. The molecule has 0 aliphatic carbocycles. The van der Waals surface area contributed by atoms with Crippen molar-refractivity contribution in [2.24, 2.45) is 0 Å². The number of ether oxygens (including phenoxy) is 1. The smallest absolute Gasteiger partial charge is 0.321 e. The van der Waals surface area contributed by atoms with E-state index in [2.05, 4.69) is 17.6 Å². The van der Waals surface area contributed by atoms with Crippen LogP contribution in [0.15, 0.2) is 18.2 Å². The first kappa shape index (κ1) is 26.2. The van der Waals surface area contributed by atoms with Crippen LogP contribution in [-0.4, -0.2) is 36.7 Å². The standard InChI is InChI=1S/C23H37ClN2O4/c1-3-4-5-6-7-8-9-10-11-12-15-25-20(23(28)29)17-22(27)26-19-16-18(24)13-14-21(19)30-2/h13-14,16,20,25H,3-12,15,17H2,1-2H3,(H,26,27)(H,28,29)/t20-/m1/s1. The highest BCUT2D eigenvalue weighted by atomic mass is 35.5. The summed E-state index contributed by atoms with van der Waals surface area (Å²) in [4.78, 5) is 23.8. The molecule has 1 atom stereocenters. The summed E-state index contributed by atoms with van der Waals surface area (Å²) in [6, 6.07) is 3.96. The third kappa shape index (κ3) is 11.4. The normalized spacial score (nSPS) is 11.8. The minimum atomic E-state index is -1.03. The van der Waals surface area contributed by atoms with E-state index >= 15 is 0 Å². The lowest BCUT2D eigenvalue weighted by Gasteiger charge is -2.15. The molecule has 7 heteroatoms. The van der Waals surface area contributed by atoms with Gasteiger partial charge in [0, 0.05) is 5.02 Å². The van der Waals surface area contributed by atoms with Crippen LogP contribution in [0, 0.1) is 0 Å². The number of carboxylic acids is 1. The number of rotatable bonds is 17. The maximum atomic E-state index is 12.3. The minimum absolute atomic E-state index is 0.164. The average Bonchev–Trinajstić information content (AvgIpc) is 2.71. The molecule has 0 radical (unpaired) electrons. The molecule has 6 nitrogen and oxygen atoms in total. The first-order valence-corrected chi connectivity index (χ1v) is 11.4. The van der Waals surface area contributed by atoms with Gasteiger partial charge in [-0.1, -0.05) is 76.3 Å². The predicted molar refractivity (Wildman–Crippen MR) is 123 cm³/mol. The maximum absolute atomic E-state index is 12.3. The van der Waals surface area contributed by atoms with Gasteiger partial charge in [0.25, 0.3) is 0 Å². The number of methoxy groups -OCH3 is 1. The lowest BCUT2D eigenvalue weighted by molar-refractivity contribution is -0.141. The van der Waals surface area contributed by atoms with Gasteiger partial charge in [-0.3, -0.25) is 9.59 Å². The van der Waals surface area contributed by atoms with Gasteiger partial charge in [0.05, 0.1) is 19.2 Å². The highest BCUT2D eigenvalue weighted by molar-refractivity contribution is 6.31. The van der Waals surface area contributed by atoms with E-state index in [0.29, 0.717) is 23.0 Å².